The summed E-state index contributed by atoms with van der Waals surface area (Å²) in [6.07, 6.45) is 1.88. The minimum Gasteiger partial charge on any atom is -0.345 e. The Labute approximate surface area is 91.6 Å². The first-order chi connectivity index (χ1) is 6.67. The van der Waals surface area contributed by atoms with Crippen LogP contribution in [0.4, 0.5) is 0 Å². The molecule has 1 aliphatic carbocycles. The normalized spacial score (nSPS) is 20.6. The van der Waals surface area contributed by atoms with Crippen molar-refractivity contribution < 1.29 is 9.59 Å². The van der Waals surface area contributed by atoms with Gasteiger partial charge in [0.25, 0.3) is 0 Å². The number of hydrogen-bond donors (Lipinski definition) is 1. The summed E-state index contributed by atoms with van der Waals surface area (Å²) >= 11 is 0. The van der Waals surface area contributed by atoms with Crippen molar-refractivity contribution in [3.63, 3.8) is 0 Å². The Morgan fingerprint density at radius 3 is 2.00 bits per heavy atom. The van der Waals surface area contributed by atoms with E-state index in [1.165, 1.54) is 6.92 Å². The van der Waals surface area contributed by atoms with Crippen molar-refractivity contribution in [1.82, 2.24) is 5.32 Å². The highest BCUT2D eigenvalue weighted by atomic mass is 16.2. The molecule has 0 saturated heterocycles. The van der Waals surface area contributed by atoms with Gasteiger partial charge in [-0.2, -0.15) is 0 Å². The highest BCUT2D eigenvalue weighted by Gasteiger charge is 2.46. The van der Waals surface area contributed by atoms with Crippen molar-refractivity contribution in [3.8, 4) is 0 Å². The van der Waals surface area contributed by atoms with Crippen LogP contribution in [0.15, 0.2) is 0 Å². The van der Waals surface area contributed by atoms with Crippen LogP contribution in [0, 0.1) is 10.8 Å². The Morgan fingerprint density at radius 2 is 1.73 bits per heavy atom. The second kappa shape index (κ2) is 3.62. The number of rotatable bonds is 3. The van der Waals surface area contributed by atoms with Crippen LogP contribution in [0.25, 0.3) is 0 Å². The monoisotopic (exact) mass is 211 g/mol. The SMILES string of the molecule is CC(=O)[C@@H](NC(=O)C1(C)CC1)C(C)(C)C. The molecule has 0 unspecified atom stereocenters. The third kappa shape index (κ3) is 2.80. The molecule has 0 bridgehead atoms. The Morgan fingerprint density at radius 1 is 1.27 bits per heavy atom. The fraction of sp³-hybridized carbons (Fsp3) is 0.833. The van der Waals surface area contributed by atoms with Crippen LogP contribution in [0.2, 0.25) is 0 Å². The Hall–Kier alpha value is -0.860. The van der Waals surface area contributed by atoms with Gasteiger partial charge < -0.3 is 5.32 Å². The summed E-state index contributed by atoms with van der Waals surface area (Å²) in [5.74, 6) is 0.0534. The van der Waals surface area contributed by atoms with Crippen molar-refractivity contribution in [1.29, 1.82) is 0 Å². The second-order valence-electron chi connectivity index (χ2n) is 5.94. The summed E-state index contributed by atoms with van der Waals surface area (Å²) in [6.45, 7) is 9.38. The predicted molar refractivity (Wildman–Crippen MR) is 59.4 cm³/mol. The van der Waals surface area contributed by atoms with Crippen molar-refractivity contribution in [3.05, 3.63) is 0 Å². The highest BCUT2D eigenvalue weighted by Crippen LogP contribution is 2.45. The van der Waals surface area contributed by atoms with Crippen LogP contribution in [-0.2, 0) is 9.59 Å². The Bertz CT molecular complexity index is 284. The smallest absolute Gasteiger partial charge is 0.226 e. The number of hydrogen-bond acceptors (Lipinski definition) is 2. The van der Waals surface area contributed by atoms with Gasteiger partial charge in [0.2, 0.25) is 5.91 Å². The van der Waals surface area contributed by atoms with Gasteiger partial charge in [0.1, 0.15) is 0 Å². The summed E-state index contributed by atoms with van der Waals surface area (Å²) in [7, 11) is 0. The zero-order chi connectivity index (χ0) is 11.9. The van der Waals surface area contributed by atoms with Gasteiger partial charge >= 0.3 is 0 Å². The van der Waals surface area contributed by atoms with Gasteiger partial charge in [-0.3, -0.25) is 9.59 Å². The van der Waals surface area contributed by atoms with Crippen LogP contribution < -0.4 is 5.32 Å². The Balaban J connectivity index is 2.68. The van der Waals surface area contributed by atoms with Gasteiger partial charge in [0.15, 0.2) is 5.78 Å². The molecule has 3 nitrogen and oxygen atoms in total. The zero-order valence-corrected chi connectivity index (χ0v) is 10.3. The van der Waals surface area contributed by atoms with Gasteiger partial charge in [-0.25, -0.2) is 0 Å². The molecule has 0 aromatic heterocycles. The molecule has 1 atom stereocenters. The average molecular weight is 211 g/mol. The minimum absolute atomic E-state index is 0.0256. The molecule has 0 aliphatic heterocycles. The maximum absolute atomic E-state index is 11.8. The van der Waals surface area contributed by atoms with Gasteiger partial charge in [0.05, 0.1) is 6.04 Å². The lowest BCUT2D eigenvalue weighted by atomic mass is 9.84. The van der Waals surface area contributed by atoms with Gasteiger partial charge in [0, 0.05) is 5.41 Å². The first kappa shape index (κ1) is 12.2. The number of amides is 1. The van der Waals surface area contributed by atoms with E-state index in [9.17, 15) is 9.59 Å². The first-order valence-corrected chi connectivity index (χ1v) is 5.48. The lowest BCUT2D eigenvalue weighted by molar-refractivity contribution is -0.132. The topological polar surface area (TPSA) is 46.2 Å². The molecular formula is C12H21NO2. The fourth-order valence-electron chi connectivity index (χ4n) is 1.65. The van der Waals surface area contributed by atoms with Gasteiger partial charge in [-0.05, 0) is 25.2 Å². The summed E-state index contributed by atoms with van der Waals surface area (Å²) in [5, 5.41) is 2.87. The Kier molecular flexibility index (Phi) is 2.94. The number of nitrogens with one attached hydrogen (secondary N) is 1. The molecule has 1 amide bonds. The van der Waals surface area contributed by atoms with Crippen LogP contribution in [0.3, 0.4) is 0 Å². The highest BCUT2D eigenvalue weighted by molar-refractivity contribution is 5.91. The fourth-order valence-corrected chi connectivity index (χ4v) is 1.65. The van der Waals surface area contributed by atoms with Crippen LogP contribution in [-0.4, -0.2) is 17.7 Å². The van der Waals surface area contributed by atoms with Crippen molar-refractivity contribution in [2.75, 3.05) is 0 Å². The van der Waals surface area contributed by atoms with Crippen molar-refractivity contribution in [2.24, 2.45) is 10.8 Å². The van der Waals surface area contributed by atoms with E-state index >= 15 is 0 Å². The number of ketones is 1. The van der Waals surface area contributed by atoms with Gasteiger partial charge in [-0.1, -0.05) is 27.7 Å². The standard InChI is InChI=1S/C12H21NO2/c1-8(14)9(11(2,3)4)13-10(15)12(5)6-7-12/h9H,6-7H2,1-5H3,(H,13,15)/t9-/m1/s1. The molecule has 0 radical (unpaired) electrons. The van der Waals surface area contributed by atoms with Crippen molar-refractivity contribution >= 4 is 11.7 Å². The molecule has 1 N–H and O–H groups in total. The van der Waals surface area contributed by atoms with E-state index in [-0.39, 0.29) is 28.6 Å². The molecule has 0 heterocycles. The summed E-state index contributed by atoms with van der Waals surface area (Å²) in [5.41, 5.74) is -0.425. The van der Waals surface area contributed by atoms with E-state index in [0.717, 1.165) is 12.8 Å². The summed E-state index contributed by atoms with van der Waals surface area (Å²) in [6, 6.07) is -0.373. The van der Waals surface area contributed by atoms with E-state index in [0.29, 0.717) is 0 Å². The third-order valence-corrected chi connectivity index (χ3v) is 3.10. The lowest BCUT2D eigenvalue weighted by Crippen LogP contribution is -2.50. The molecule has 3 heteroatoms. The zero-order valence-electron chi connectivity index (χ0n) is 10.3. The van der Waals surface area contributed by atoms with Crippen LogP contribution >= 0.6 is 0 Å². The molecule has 1 aliphatic rings. The molecule has 1 rings (SSSR count). The molecule has 15 heavy (non-hydrogen) atoms. The largest absolute Gasteiger partial charge is 0.345 e. The molecule has 0 aromatic carbocycles. The van der Waals surface area contributed by atoms with E-state index in [2.05, 4.69) is 5.32 Å². The maximum atomic E-state index is 11.8. The molecule has 86 valence electrons. The number of carbonyl (C=O) groups excluding carboxylic acids is 2. The third-order valence-electron chi connectivity index (χ3n) is 3.10. The van der Waals surface area contributed by atoms with E-state index in [4.69, 9.17) is 0 Å². The van der Waals surface area contributed by atoms with E-state index in [1.54, 1.807) is 0 Å². The molecule has 1 fully saturated rings. The average Bonchev–Trinajstić information content (AvgIpc) is 2.77. The summed E-state index contributed by atoms with van der Waals surface area (Å²) in [4.78, 5) is 23.3. The minimum atomic E-state index is -0.373. The maximum Gasteiger partial charge on any atom is 0.226 e. The molecular weight excluding hydrogens is 190 g/mol. The number of carbonyl (C=O) groups is 2. The molecule has 0 aromatic rings. The second-order valence-corrected chi connectivity index (χ2v) is 5.94. The first-order valence-electron chi connectivity index (χ1n) is 5.48. The quantitative estimate of drug-likeness (QED) is 0.775. The van der Waals surface area contributed by atoms with Gasteiger partial charge in [-0.15, -0.1) is 0 Å². The van der Waals surface area contributed by atoms with E-state index in [1.807, 2.05) is 27.7 Å². The predicted octanol–water partition coefficient (Wildman–Crippen LogP) is 1.91. The summed E-state index contributed by atoms with van der Waals surface area (Å²) < 4.78 is 0. The van der Waals surface area contributed by atoms with Crippen LogP contribution in [0.1, 0.15) is 47.5 Å². The van der Waals surface area contributed by atoms with E-state index < -0.39 is 0 Å². The lowest BCUT2D eigenvalue weighted by Gasteiger charge is -2.30. The number of Topliss-reactive ketones (excluding diaryl/α,β-unsaturated/α-hetero) is 1. The van der Waals surface area contributed by atoms with Crippen molar-refractivity contribution in [2.45, 2.75) is 53.5 Å². The molecule has 1 saturated carbocycles. The van der Waals surface area contributed by atoms with Crippen LogP contribution in [0.5, 0.6) is 0 Å². The molecule has 0 spiro atoms.